The summed E-state index contributed by atoms with van der Waals surface area (Å²) in [5.74, 6) is -1.39. The summed E-state index contributed by atoms with van der Waals surface area (Å²) >= 11 is 0. The third-order valence-electron chi connectivity index (χ3n) is 6.64. The number of aryl methyl sites for hydroxylation is 1. The Balaban J connectivity index is 1.40. The Kier molecular flexibility index (Phi) is 7.48. The molecule has 0 bridgehead atoms. The van der Waals surface area contributed by atoms with E-state index in [4.69, 9.17) is 0 Å². The summed E-state index contributed by atoms with van der Waals surface area (Å²) in [5, 5.41) is 14.4. The molecule has 0 aliphatic carbocycles. The molecule has 2 saturated heterocycles. The molecule has 2 aromatic carbocycles. The van der Waals surface area contributed by atoms with Gasteiger partial charge in [-0.1, -0.05) is 18.2 Å². The van der Waals surface area contributed by atoms with Crippen molar-refractivity contribution < 1.29 is 18.9 Å². The Labute approximate surface area is 203 Å². The number of carbonyl (C=O) groups excluding carboxylic acids is 2. The number of nitrogens with zero attached hydrogens (tertiary/aromatic N) is 4. The molecule has 0 aromatic heterocycles. The topological polar surface area (TPSA) is 99.0 Å². The largest absolute Gasteiger partial charge is 0.368 e. The van der Waals surface area contributed by atoms with Gasteiger partial charge in [0.1, 0.15) is 11.5 Å². The maximum atomic E-state index is 14.9. The smallest absolute Gasteiger partial charge is 0.293 e. The molecule has 2 aromatic rings. The maximum Gasteiger partial charge on any atom is 0.293 e. The minimum atomic E-state index is -0.792. The Morgan fingerprint density at radius 3 is 2.40 bits per heavy atom. The Hall–Kier alpha value is -3.69. The van der Waals surface area contributed by atoms with Crippen molar-refractivity contribution in [3.63, 3.8) is 0 Å². The van der Waals surface area contributed by atoms with Crippen LogP contribution < -0.4 is 15.1 Å². The minimum absolute atomic E-state index is 0.105. The van der Waals surface area contributed by atoms with Gasteiger partial charge in [-0.05, 0) is 31.4 Å². The summed E-state index contributed by atoms with van der Waals surface area (Å²) in [6, 6.07) is 10.2. The average molecular weight is 484 g/mol. The van der Waals surface area contributed by atoms with E-state index < -0.39 is 16.6 Å². The lowest BCUT2D eigenvalue weighted by Gasteiger charge is -2.37. The van der Waals surface area contributed by atoms with Crippen LogP contribution in [0.4, 0.5) is 21.5 Å². The number of para-hydroxylation sites is 1. The molecule has 0 atom stereocenters. The van der Waals surface area contributed by atoms with Crippen LogP contribution in [0.15, 0.2) is 36.4 Å². The standard InChI is InChI=1S/C25H30FN5O4/c1-18-6-2-3-7-21(18)28-12-14-29(15-13-28)22-17-20(26)19(16-23(22)31(34)35)25(33)27-9-5-11-30-10-4-8-24(30)32/h2-3,6-7,16-17H,4-5,8-15H2,1H3,(H,27,33). The van der Waals surface area contributed by atoms with Crippen LogP contribution in [0, 0.1) is 22.9 Å². The van der Waals surface area contributed by atoms with Crippen molar-refractivity contribution in [3.8, 4) is 0 Å². The van der Waals surface area contributed by atoms with E-state index in [1.807, 2.05) is 31.2 Å². The van der Waals surface area contributed by atoms with E-state index in [2.05, 4.69) is 10.2 Å². The molecule has 2 aliphatic rings. The molecular weight excluding hydrogens is 453 g/mol. The number of carbonyl (C=O) groups is 2. The van der Waals surface area contributed by atoms with Crippen LogP contribution >= 0.6 is 0 Å². The van der Waals surface area contributed by atoms with Gasteiger partial charge < -0.3 is 20.0 Å². The molecule has 9 nitrogen and oxygen atoms in total. The number of halogens is 1. The van der Waals surface area contributed by atoms with Gasteiger partial charge in [0, 0.05) is 70.1 Å². The predicted octanol–water partition coefficient (Wildman–Crippen LogP) is 3.11. The van der Waals surface area contributed by atoms with E-state index in [-0.39, 0.29) is 29.4 Å². The lowest BCUT2D eigenvalue weighted by Crippen LogP contribution is -2.47. The van der Waals surface area contributed by atoms with Gasteiger partial charge in [-0.25, -0.2) is 4.39 Å². The van der Waals surface area contributed by atoms with Gasteiger partial charge >= 0.3 is 0 Å². The zero-order chi connectivity index (χ0) is 24.9. The summed E-state index contributed by atoms with van der Waals surface area (Å²) in [4.78, 5) is 41.2. The second-order valence-electron chi connectivity index (χ2n) is 8.93. The summed E-state index contributed by atoms with van der Waals surface area (Å²) in [6.45, 7) is 5.81. The molecule has 186 valence electrons. The number of nitrogens with one attached hydrogen (secondary N) is 1. The zero-order valence-electron chi connectivity index (χ0n) is 19.8. The Morgan fingerprint density at radius 1 is 1.09 bits per heavy atom. The molecule has 4 rings (SSSR count). The molecule has 0 spiro atoms. The lowest BCUT2D eigenvalue weighted by molar-refractivity contribution is -0.384. The predicted molar refractivity (Wildman–Crippen MR) is 131 cm³/mol. The van der Waals surface area contributed by atoms with Crippen molar-refractivity contribution in [1.82, 2.24) is 10.2 Å². The van der Waals surface area contributed by atoms with E-state index in [0.29, 0.717) is 52.1 Å². The Morgan fingerprint density at radius 2 is 1.77 bits per heavy atom. The highest BCUT2D eigenvalue weighted by Gasteiger charge is 2.28. The van der Waals surface area contributed by atoms with Gasteiger partial charge in [-0.3, -0.25) is 19.7 Å². The number of benzene rings is 2. The Bertz CT molecular complexity index is 1120. The fourth-order valence-corrected chi connectivity index (χ4v) is 4.74. The number of hydrogen-bond donors (Lipinski definition) is 1. The minimum Gasteiger partial charge on any atom is -0.368 e. The number of amides is 2. The SMILES string of the molecule is Cc1ccccc1N1CCN(c2cc(F)c(C(=O)NCCCN3CCCC3=O)cc2[N+](=O)[O-])CC1. The van der Waals surface area contributed by atoms with Gasteiger partial charge in [0.15, 0.2) is 0 Å². The first kappa shape index (κ1) is 24.4. The van der Waals surface area contributed by atoms with Crippen LogP contribution in [0.5, 0.6) is 0 Å². The highest BCUT2D eigenvalue weighted by molar-refractivity contribution is 5.96. The van der Waals surface area contributed by atoms with Crippen molar-refractivity contribution in [2.75, 3.05) is 55.6 Å². The fraction of sp³-hybridized carbons (Fsp3) is 0.440. The zero-order valence-corrected chi connectivity index (χ0v) is 19.8. The molecule has 10 heteroatoms. The highest BCUT2D eigenvalue weighted by atomic mass is 19.1. The van der Waals surface area contributed by atoms with E-state index in [1.165, 1.54) is 0 Å². The summed E-state index contributed by atoms with van der Waals surface area (Å²) < 4.78 is 14.9. The number of rotatable bonds is 8. The van der Waals surface area contributed by atoms with Crippen molar-refractivity contribution in [3.05, 3.63) is 63.5 Å². The van der Waals surface area contributed by atoms with Crippen LogP contribution in [0.1, 0.15) is 35.2 Å². The molecule has 0 unspecified atom stereocenters. The van der Waals surface area contributed by atoms with Crippen LogP contribution in [-0.2, 0) is 4.79 Å². The quantitative estimate of drug-likeness (QED) is 0.352. The molecular formula is C25H30FN5O4. The third-order valence-corrected chi connectivity index (χ3v) is 6.64. The maximum absolute atomic E-state index is 14.9. The molecule has 2 heterocycles. The first-order valence-corrected chi connectivity index (χ1v) is 11.9. The van der Waals surface area contributed by atoms with Crippen LogP contribution in [0.25, 0.3) is 0 Å². The van der Waals surface area contributed by atoms with Crippen LogP contribution in [0.2, 0.25) is 0 Å². The first-order valence-electron chi connectivity index (χ1n) is 11.9. The van der Waals surface area contributed by atoms with Crippen molar-refractivity contribution in [2.45, 2.75) is 26.2 Å². The molecule has 2 aliphatic heterocycles. The normalized spacial score (nSPS) is 16.1. The van der Waals surface area contributed by atoms with Gasteiger partial charge in [0.2, 0.25) is 5.91 Å². The summed E-state index contributed by atoms with van der Waals surface area (Å²) in [6.07, 6.45) is 1.92. The van der Waals surface area contributed by atoms with Gasteiger partial charge in [0.05, 0.1) is 10.5 Å². The second-order valence-corrected chi connectivity index (χ2v) is 8.93. The van der Waals surface area contributed by atoms with Gasteiger partial charge in [0.25, 0.3) is 11.6 Å². The molecule has 35 heavy (non-hydrogen) atoms. The molecule has 1 N–H and O–H groups in total. The van der Waals surface area contributed by atoms with E-state index >= 15 is 0 Å². The second kappa shape index (κ2) is 10.7. The van der Waals surface area contributed by atoms with Crippen molar-refractivity contribution in [1.29, 1.82) is 0 Å². The number of likely N-dealkylation sites (tertiary alicyclic amines) is 1. The highest BCUT2D eigenvalue weighted by Crippen LogP contribution is 2.33. The number of anilines is 2. The molecule has 2 amide bonds. The summed E-state index contributed by atoms with van der Waals surface area (Å²) in [5.41, 5.74) is 1.81. The average Bonchev–Trinajstić information content (AvgIpc) is 3.26. The monoisotopic (exact) mass is 483 g/mol. The van der Waals surface area contributed by atoms with E-state index in [0.717, 1.165) is 29.8 Å². The third kappa shape index (κ3) is 5.52. The van der Waals surface area contributed by atoms with Crippen molar-refractivity contribution in [2.24, 2.45) is 0 Å². The number of piperazine rings is 1. The van der Waals surface area contributed by atoms with Crippen LogP contribution in [-0.4, -0.2) is 67.5 Å². The number of nitro groups is 1. The van der Waals surface area contributed by atoms with Gasteiger partial charge in [-0.15, -0.1) is 0 Å². The molecule has 2 fully saturated rings. The van der Waals surface area contributed by atoms with Gasteiger partial charge in [-0.2, -0.15) is 0 Å². The van der Waals surface area contributed by atoms with E-state index in [9.17, 15) is 24.1 Å². The summed E-state index contributed by atoms with van der Waals surface area (Å²) in [7, 11) is 0. The van der Waals surface area contributed by atoms with Crippen molar-refractivity contribution >= 4 is 28.9 Å². The first-order chi connectivity index (χ1) is 16.8. The number of hydrogen-bond acceptors (Lipinski definition) is 6. The number of nitro benzene ring substituents is 1. The van der Waals surface area contributed by atoms with Crippen LogP contribution in [0.3, 0.4) is 0 Å². The molecule has 0 saturated carbocycles. The van der Waals surface area contributed by atoms with E-state index in [1.54, 1.807) is 9.80 Å². The molecule has 0 radical (unpaired) electrons. The lowest BCUT2D eigenvalue weighted by atomic mass is 10.1. The fourth-order valence-electron chi connectivity index (χ4n) is 4.74.